The van der Waals surface area contributed by atoms with E-state index in [1.54, 1.807) is 6.07 Å². The third-order valence-electron chi connectivity index (χ3n) is 3.02. The van der Waals surface area contributed by atoms with Gasteiger partial charge in [-0.05, 0) is 24.3 Å². The predicted molar refractivity (Wildman–Crippen MR) is 78.5 cm³/mol. The molecule has 100 valence electrons. The van der Waals surface area contributed by atoms with Crippen LogP contribution in [0.25, 0.3) is 22.2 Å². The van der Waals surface area contributed by atoms with Crippen LogP contribution in [0.2, 0.25) is 0 Å². The quantitative estimate of drug-likeness (QED) is 0.665. The standard InChI is InChI=1S/C15H10BrNO3/c1-19-15(18)12-8-9(16)6-7-10(12)14-11-4-2-3-5-13(11)20-17-14/h2-8H,1H3. The lowest BCUT2D eigenvalue weighted by molar-refractivity contribution is 0.0601. The summed E-state index contributed by atoms with van der Waals surface area (Å²) in [6.45, 7) is 0. The summed E-state index contributed by atoms with van der Waals surface area (Å²) in [7, 11) is 1.36. The molecule has 0 N–H and O–H groups in total. The van der Waals surface area contributed by atoms with E-state index in [9.17, 15) is 4.79 Å². The monoisotopic (exact) mass is 331 g/mol. The van der Waals surface area contributed by atoms with Crippen LogP contribution < -0.4 is 0 Å². The summed E-state index contributed by atoms with van der Waals surface area (Å²) in [6, 6.07) is 12.9. The van der Waals surface area contributed by atoms with Gasteiger partial charge in [0.2, 0.25) is 0 Å². The van der Waals surface area contributed by atoms with Crippen LogP contribution in [0.3, 0.4) is 0 Å². The summed E-state index contributed by atoms with van der Waals surface area (Å²) in [4.78, 5) is 11.9. The minimum absolute atomic E-state index is 0.409. The minimum Gasteiger partial charge on any atom is -0.465 e. The number of methoxy groups -OCH3 is 1. The molecule has 3 rings (SSSR count). The zero-order valence-electron chi connectivity index (χ0n) is 10.6. The number of rotatable bonds is 2. The van der Waals surface area contributed by atoms with Gasteiger partial charge in [-0.25, -0.2) is 4.79 Å². The fourth-order valence-corrected chi connectivity index (χ4v) is 2.44. The largest absolute Gasteiger partial charge is 0.465 e. The number of halogens is 1. The lowest BCUT2D eigenvalue weighted by Gasteiger charge is -2.06. The van der Waals surface area contributed by atoms with E-state index in [1.807, 2.05) is 36.4 Å². The van der Waals surface area contributed by atoms with Gasteiger partial charge in [-0.3, -0.25) is 0 Å². The normalized spacial score (nSPS) is 10.7. The predicted octanol–water partition coefficient (Wildman–Crippen LogP) is 4.04. The minimum atomic E-state index is -0.409. The highest BCUT2D eigenvalue weighted by atomic mass is 79.9. The molecule has 0 saturated heterocycles. The third kappa shape index (κ3) is 2.10. The second kappa shape index (κ2) is 5.09. The third-order valence-corrected chi connectivity index (χ3v) is 3.51. The fourth-order valence-electron chi connectivity index (χ4n) is 2.08. The van der Waals surface area contributed by atoms with Crippen molar-refractivity contribution in [3.05, 3.63) is 52.5 Å². The van der Waals surface area contributed by atoms with Crippen molar-refractivity contribution >= 4 is 32.9 Å². The number of nitrogens with zero attached hydrogens (tertiary/aromatic N) is 1. The van der Waals surface area contributed by atoms with E-state index in [-0.39, 0.29) is 0 Å². The van der Waals surface area contributed by atoms with Crippen LogP contribution in [0, 0.1) is 0 Å². The zero-order valence-corrected chi connectivity index (χ0v) is 12.2. The first-order chi connectivity index (χ1) is 9.70. The van der Waals surface area contributed by atoms with Crippen LogP contribution in [0.5, 0.6) is 0 Å². The van der Waals surface area contributed by atoms with E-state index in [2.05, 4.69) is 21.1 Å². The number of carbonyl (C=O) groups is 1. The number of fused-ring (bicyclic) bond motifs is 1. The lowest BCUT2D eigenvalue weighted by atomic mass is 10.0. The van der Waals surface area contributed by atoms with Gasteiger partial charge in [0.1, 0.15) is 5.69 Å². The highest BCUT2D eigenvalue weighted by Crippen LogP contribution is 2.32. The average Bonchev–Trinajstić information content (AvgIpc) is 2.90. The molecule has 0 spiro atoms. The molecule has 0 aliphatic carbocycles. The Hall–Kier alpha value is -2.14. The first-order valence-electron chi connectivity index (χ1n) is 5.93. The van der Waals surface area contributed by atoms with Crippen molar-refractivity contribution in [2.75, 3.05) is 7.11 Å². The van der Waals surface area contributed by atoms with Gasteiger partial charge in [0.25, 0.3) is 0 Å². The van der Waals surface area contributed by atoms with E-state index < -0.39 is 5.97 Å². The van der Waals surface area contributed by atoms with Crippen LogP contribution >= 0.6 is 15.9 Å². The molecule has 4 nitrogen and oxygen atoms in total. The van der Waals surface area contributed by atoms with Crippen LogP contribution in [0.1, 0.15) is 10.4 Å². The SMILES string of the molecule is COC(=O)c1cc(Br)ccc1-c1noc2ccccc12. The summed E-state index contributed by atoms with van der Waals surface area (Å²) in [5.74, 6) is -0.409. The highest BCUT2D eigenvalue weighted by molar-refractivity contribution is 9.10. The summed E-state index contributed by atoms with van der Waals surface area (Å²) in [5, 5.41) is 4.94. The number of hydrogen-bond acceptors (Lipinski definition) is 4. The molecule has 0 fully saturated rings. The number of esters is 1. The zero-order chi connectivity index (χ0) is 14.1. The number of para-hydroxylation sites is 1. The van der Waals surface area contributed by atoms with Crippen molar-refractivity contribution in [1.82, 2.24) is 5.16 Å². The molecule has 5 heteroatoms. The molecule has 0 amide bonds. The fraction of sp³-hybridized carbons (Fsp3) is 0.0667. The Morgan fingerprint density at radius 3 is 2.85 bits per heavy atom. The first-order valence-corrected chi connectivity index (χ1v) is 6.72. The number of benzene rings is 2. The summed E-state index contributed by atoms with van der Waals surface area (Å²) >= 11 is 3.36. The maximum atomic E-state index is 11.9. The Bertz CT molecular complexity index is 795. The van der Waals surface area contributed by atoms with Crippen LogP contribution in [0.15, 0.2) is 51.5 Å². The lowest BCUT2D eigenvalue weighted by Crippen LogP contribution is -2.03. The molecule has 0 aliphatic rings. The summed E-state index contributed by atoms with van der Waals surface area (Å²) < 4.78 is 10.9. The van der Waals surface area contributed by atoms with Gasteiger partial charge in [0.05, 0.1) is 12.7 Å². The number of hydrogen-bond donors (Lipinski definition) is 0. The Morgan fingerprint density at radius 1 is 1.25 bits per heavy atom. The van der Waals surface area contributed by atoms with Gasteiger partial charge in [-0.1, -0.05) is 39.3 Å². The number of aromatic nitrogens is 1. The number of ether oxygens (including phenoxy) is 1. The van der Waals surface area contributed by atoms with Gasteiger partial charge >= 0.3 is 5.97 Å². The molecule has 1 heterocycles. The average molecular weight is 332 g/mol. The van der Waals surface area contributed by atoms with Crippen molar-refractivity contribution in [3.63, 3.8) is 0 Å². The van der Waals surface area contributed by atoms with Gasteiger partial charge in [0, 0.05) is 15.4 Å². The van der Waals surface area contributed by atoms with E-state index in [0.717, 1.165) is 9.86 Å². The van der Waals surface area contributed by atoms with Gasteiger partial charge in [-0.2, -0.15) is 0 Å². The Balaban J connectivity index is 2.26. The molecular formula is C15H10BrNO3. The topological polar surface area (TPSA) is 52.3 Å². The van der Waals surface area contributed by atoms with Crippen molar-refractivity contribution in [3.8, 4) is 11.3 Å². The molecule has 0 aliphatic heterocycles. The van der Waals surface area contributed by atoms with Crippen LogP contribution in [0.4, 0.5) is 0 Å². The van der Waals surface area contributed by atoms with E-state index in [0.29, 0.717) is 22.4 Å². The Labute approximate surface area is 123 Å². The maximum absolute atomic E-state index is 11.9. The highest BCUT2D eigenvalue weighted by Gasteiger charge is 2.18. The molecule has 3 aromatic rings. The molecule has 20 heavy (non-hydrogen) atoms. The molecule has 0 bridgehead atoms. The molecular weight excluding hydrogens is 322 g/mol. The second-order valence-electron chi connectivity index (χ2n) is 4.21. The molecule has 0 radical (unpaired) electrons. The summed E-state index contributed by atoms with van der Waals surface area (Å²) in [6.07, 6.45) is 0. The van der Waals surface area contributed by atoms with Gasteiger partial charge in [0.15, 0.2) is 5.58 Å². The maximum Gasteiger partial charge on any atom is 0.338 e. The van der Waals surface area contributed by atoms with Crippen molar-refractivity contribution < 1.29 is 14.1 Å². The van der Waals surface area contributed by atoms with E-state index in [1.165, 1.54) is 7.11 Å². The van der Waals surface area contributed by atoms with Gasteiger partial charge < -0.3 is 9.26 Å². The van der Waals surface area contributed by atoms with Gasteiger partial charge in [-0.15, -0.1) is 0 Å². The molecule has 0 unspecified atom stereocenters. The van der Waals surface area contributed by atoms with Crippen LogP contribution in [-0.2, 0) is 4.74 Å². The molecule has 1 aromatic heterocycles. The summed E-state index contributed by atoms with van der Waals surface area (Å²) in [5.41, 5.74) is 2.45. The van der Waals surface area contributed by atoms with Crippen molar-refractivity contribution in [2.45, 2.75) is 0 Å². The molecule has 0 atom stereocenters. The molecule has 2 aromatic carbocycles. The number of carbonyl (C=O) groups excluding carboxylic acids is 1. The second-order valence-corrected chi connectivity index (χ2v) is 5.12. The first kappa shape index (κ1) is 12.9. The Morgan fingerprint density at radius 2 is 2.05 bits per heavy atom. The smallest absolute Gasteiger partial charge is 0.338 e. The Kier molecular flexibility index (Phi) is 3.28. The van der Waals surface area contributed by atoms with E-state index >= 15 is 0 Å². The van der Waals surface area contributed by atoms with Crippen molar-refractivity contribution in [1.29, 1.82) is 0 Å². The van der Waals surface area contributed by atoms with Crippen molar-refractivity contribution in [2.24, 2.45) is 0 Å². The van der Waals surface area contributed by atoms with E-state index in [4.69, 9.17) is 9.26 Å². The van der Waals surface area contributed by atoms with Crippen LogP contribution in [-0.4, -0.2) is 18.2 Å². The molecule has 0 saturated carbocycles.